The molecule has 0 aliphatic heterocycles. The van der Waals surface area contributed by atoms with Gasteiger partial charge in [-0.25, -0.2) is 0 Å². The minimum atomic E-state index is 0.429. The molecule has 9 heteroatoms. The third kappa shape index (κ3) is 9.04. The number of nitrogens with zero attached hydrogens (tertiary/aromatic N) is 4. The molecule has 2 heterocycles. The van der Waals surface area contributed by atoms with E-state index in [1.165, 1.54) is 0 Å². The average molecular weight is 406 g/mol. The van der Waals surface area contributed by atoms with Gasteiger partial charge in [-0.1, -0.05) is 12.1 Å². The summed E-state index contributed by atoms with van der Waals surface area (Å²) in [7, 11) is 9.34. The van der Waals surface area contributed by atoms with E-state index >= 15 is 0 Å². The quantitative estimate of drug-likeness (QED) is 0.212. The Labute approximate surface area is 149 Å². The van der Waals surface area contributed by atoms with Gasteiger partial charge in [0.05, 0.1) is 11.4 Å². The van der Waals surface area contributed by atoms with Crippen molar-refractivity contribution in [1.29, 1.82) is 0 Å². The molecule has 0 aromatic carbocycles. The van der Waals surface area contributed by atoms with Crippen LogP contribution in [0.2, 0.25) is 0 Å². The number of rotatable bonds is 4. The molecule has 0 radical (unpaired) electrons. The molecule has 0 atom stereocenters. The summed E-state index contributed by atoms with van der Waals surface area (Å²) >= 11 is 4.94. The summed E-state index contributed by atoms with van der Waals surface area (Å²) in [4.78, 5) is 8.27. The van der Waals surface area contributed by atoms with Crippen LogP contribution in [0.3, 0.4) is 0 Å². The number of hydrogen-bond donors (Lipinski definition) is 1. The van der Waals surface area contributed by atoms with E-state index in [1.54, 1.807) is 18.6 Å². The van der Waals surface area contributed by atoms with Crippen molar-refractivity contribution in [1.82, 2.24) is 15.3 Å². The molecular formula is C13H13Cl2CuN5S. The van der Waals surface area contributed by atoms with Crippen LogP contribution in [0, 0.1) is 0 Å². The summed E-state index contributed by atoms with van der Waals surface area (Å²) in [5, 5.41) is 7.33. The van der Waals surface area contributed by atoms with Gasteiger partial charge in [0.25, 0.3) is 0 Å². The van der Waals surface area contributed by atoms with Gasteiger partial charge in [0, 0.05) is 25.2 Å². The number of hydrogen-bond acceptors (Lipinski definition) is 3. The molecule has 0 aliphatic carbocycles. The van der Waals surface area contributed by atoms with Crippen LogP contribution in [0.1, 0.15) is 11.4 Å². The Kier molecular flexibility index (Phi) is 10.7. The first kappa shape index (κ1) is 19.0. The van der Waals surface area contributed by atoms with E-state index in [1.807, 2.05) is 36.4 Å². The van der Waals surface area contributed by atoms with E-state index in [0.717, 1.165) is 24.5 Å². The number of pyridine rings is 2. The minimum Gasteiger partial charge on any atom is -0.515 e. The van der Waals surface area contributed by atoms with Crippen molar-refractivity contribution in [2.24, 2.45) is 5.10 Å². The summed E-state index contributed by atoms with van der Waals surface area (Å²) in [5.41, 5.74) is 5.57. The molecule has 0 saturated heterocycles. The van der Waals surface area contributed by atoms with Crippen molar-refractivity contribution >= 4 is 43.7 Å². The molecule has 22 heavy (non-hydrogen) atoms. The van der Waals surface area contributed by atoms with Gasteiger partial charge in [0.15, 0.2) is 17.3 Å². The summed E-state index contributed by atoms with van der Waals surface area (Å²) < 4.78 is 0. The number of aromatic nitrogens is 2. The van der Waals surface area contributed by atoms with Crippen molar-refractivity contribution in [2.75, 3.05) is 0 Å². The van der Waals surface area contributed by atoms with E-state index in [2.05, 4.69) is 58.2 Å². The van der Waals surface area contributed by atoms with Gasteiger partial charge in [-0.15, -0.1) is 0 Å². The standard InChI is InChI=1S/C13H13N5S.2ClH.Cu/c19-13(16-9-11-5-1-3-7-14-11)18-17-10-12-6-2-4-8-15-12;;;/h1-8,10H,9H2,(H2,15,16,18,19);2*1H;/q;;;+2/p-2. The molecule has 0 aliphatic rings. The predicted molar refractivity (Wildman–Crippen MR) is 91.7 cm³/mol. The summed E-state index contributed by atoms with van der Waals surface area (Å²) in [6.45, 7) is 0.558. The number of thiol groups is 1. The van der Waals surface area contributed by atoms with Crippen LogP contribution in [0.15, 0.2) is 53.9 Å². The van der Waals surface area contributed by atoms with Crippen LogP contribution in [0.5, 0.6) is 0 Å². The average Bonchev–Trinajstić information content (AvgIpc) is 2.56. The second kappa shape index (κ2) is 12.5. The maximum absolute atomic E-state index is 4.67. The Hall–Kier alpha value is -1.08. The van der Waals surface area contributed by atoms with Crippen LogP contribution in [0.25, 0.3) is 5.43 Å². The molecule has 121 valence electrons. The van der Waals surface area contributed by atoms with Crippen LogP contribution < -0.4 is 5.32 Å². The predicted octanol–water partition coefficient (Wildman–Crippen LogP) is 2.72. The van der Waals surface area contributed by atoms with Crippen molar-refractivity contribution in [2.45, 2.75) is 6.54 Å². The summed E-state index contributed by atoms with van der Waals surface area (Å²) in [6, 6.07) is 11.3. The summed E-state index contributed by atoms with van der Waals surface area (Å²) in [6.07, 6.45) is 5.01. The zero-order valence-corrected chi connectivity index (χ0v) is 14.5. The van der Waals surface area contributed by atoms with E-state index in [9.17, 15) is 0 Å². The van der Waals surface area contributed by atoms with Gasteiger partial charge >= 0.3 is 33.3 Å². The van der Waals surface area contributed by atoms with E-state index in [0.29, 0.717) is 11.7 Å². The largest absolute Gasteiger partial charge is 0.515 e. The monoisotopic (exact) mass is 404 g/mol. The minimum absolute atomic E-state index is 0.429. The maximum Gasteiger partial charge on any atom is 0.187 e. The van der Waals surface area contributed by atoms with Crippen molar-refractivity contribution in [3.63, 3.8) is 0 Å². The summed E-state index contributed by atoms with van der Waals surface area (Å²) in [5.74, 6) is 0. The second-order valence-electron chi connectivity index (χ2n) is 3.64. The molecule has 2 aromatic rings. The second-order valence-corrected chi connectivity index (χ2v) is 5.62. The fraction of sp³-hybridized carbons (Fsp3) is 0.0769. The van der Waals surface area contributed by atoms with Crippen LogP contribution in [-0.2, 0) is 31.9 Å². The molecule has 0 spiro atoms. The first-order chi connectivity index (χ1) is 10.8. The third-order valence-corrected chi connectivity index (χ3v) is 2.43. The van der Waals surface area contributed by atoms with E-state index in [-0.39, 0.29) is 0 Å². The Morgan fingerprint density at radius 1 is 1.23 bits per heavy atom. The van der Waals surface area contributed by atoms with Gasteiger partial charge in [-0.2, -0.15) is 0 Å². The molecule has 0 unspecified atom stereocenters. The molecule has 5 nitrogen and oxygen atoms in total. The maximum atomic E-state index is 4.67. The Bertz CT molecular complexity index is 571. The molecule has 0 amide bonds. The number of nitrogens with one attached hydrogen (secondary N) is 1. The van der Waals surface area contributed by atoms with Crippen LogP contribution >= 0.6 is 20.2 Å². The smallest absolute Gasteiger partial charge is 0.187 e. The Morgan fingerprint density at radius 2 is 1.91 bits per heavy atom. The van der Waals surface area contributed by atoms with Crippen molar-refractivity contribution in [3.8, 4) is 0 Å². The first-order valence-electron chi connectivity index (χ1n) is 5.92. The van der Waals surface area contributed by atoms with Crippen molar-refractivity contribution in [3.05, 3.63) is 65.6 Å². The third-order valence-electron chi connectivity index (χ3n) is 2.18. The van der Waals surface area contributed by atoms with Gasteiger partial charge in [-0.05, 0) is 24.3 Å². The zero-order valence-electron chi connectivity index (χ0n) is 11.2. The molecule has 1 N–H and O–H groups in total. The first-order valence-corrected chi connectivity index (χ1v) is 8.96. The molecule has 2 rings (SSSR count). The molecule has 0 saturated carbocycles. The Balaban J connectivity index is 0.000000745. The van der Waals surface area contributed by atoms with Crippen LogP contribution in [-0.4, -0.2) is 21.3 Å². The van der Waals surface area contributed by atoms with Gasteiger partial charge in [0.2, 0.25) is 0 Å². The molecule has 2 aromatic heterocycles. The fourth-order valence-corrected chi connectivity index (χ4v) is 1.43. The van der Waals surface area contributed by atoms with Crippen LogP contribution in [0.4, 0.5) is 0 Å². The van der Waals surface area contributed by atoms with Gasteiger partial charge in [-0.3, -0.25) is 15.3 Å². The number of halogens is 2. The zero-order chi connectivity index (χ0) is 16.0. The molecule has 0 fully saturated rings. The normalized spacial score (nSPS) is 10.1. The topological polar surface area (TPSA) is 64.3 Å². The van der Waals surface area contributed by atoms with Gasteiger partial charge in [0.1, 0.15) is 0 Å². The van der Waals surface area contributed by atoms with Gasteiger partial charge < -0.3 is 10.5 Å². The SMILES string of the molecule is [Cl][Cu][Cl].[SH+]=C([N-]N=Cc1ccccn1)NCc1ccccn1. The van der Waals surface area contributed by atoms with Crippen molar-refractivity contribution < 1.29 is 13.1 Å². The fourth-order valence-electron chi connectivity index (χ4n) is 1.30. The molecular weight excluding hydrogens is 393 g/mol. The van der Waals surface area contributed by atoms with E-state index in [4.69, 9.17) is 0 Å². The Morgan fingerprint density at radius 3 is 2.50 bits per heavy atom. The van der Waals surface area contributed by atoms with E-state index < -0.39 is 0 Å². The molecule has 0 bridgehead atoms.